The van der Waals surface area contributed by atoms with Gasteiger partial charge < -0.3 is 5.73 Å². The standard InChI is InChI=1S/C13H17N/c1-11(2)13-8-5-7-12(10-13)6-3-4-9-14/h3,5-8,10H,1,4,9,14H2,2H3/b6-3+. The highest BCUT2D eigenvalue weighted by molar-refractivity contribution is 5.64. The maximum Gasteiger partial charge on any atom is -0.00425 e. The third-order valence-electron chi connectivity index (χ3n) is 2.02. The molecule has 14 heavy (non-hydrogen) atoms. The first-order valence-electron chi connectivity index (χ1n) is 4.86. The van der Waals surface area contributed by atoms with Crippen LogP contribution in [0, 0.1) is 0 Å². The van der Waals surface area contributed by atoms with Gasteiger partial charge in [0.05, 0.1) is 0 Å². The van der Waals surface area contributed by atoms with Crippen LogP contribution in [0.2, 0.25) is 0 Å². The van der Waals surface area contributed by atoms with Crippen LogP contribution in [0.5, 0.6) is 0 Å². The van der Waals surface area contributed by atoms with E-state index < -0.39 is 0 Å². The third kappa shape index (κ3) is 3.19. The Labute approximate surface area is 85.9 Å². The molecule has 1 heteroatoms. The van der Waals surface area contributed by atoms with Crippen LogP contribution in [-0.4, -0.2) is 6.54 Å². The molecule has 0 aliphatic rings. The fourth-order valence-corrected chi connectivity index (χ4v) is 1.22. The van der Waals surface area contributed by atoms with Crippen molar-refractivity contribution in [3.05, 3.63) is 48.0 Å². The minimum Gasteiger partial charge on any atom is -0.330 e. The Kier molecular flexibility index (Phi) is 4.14. The number of allylic oxidation sites excluding steroid dienone is 1. The van der Waals surface area contributed by atoms with E-state index >= 15 is 0 Å². The number of hydrogen-bond acceptors (Lipinski definition) is 1. The van der Waals surface area contributed by atoms with Gasteiger partial charge in [0, 0.05) is 0 Å². The highest BCUT2D eigenvalue weighted by Gasteiger charge is 1.92. The first kappa shape index (κ1) is 10.7. The molecule has 74 valence electrons. The van der Waals surface area contributed by atoms with Crippen molar-refractivity contribution in [2.45, 2.75) is 13.3 Å². The van der Waals surface area contributed by atoms with Gasteiger partial charge in [-0.1, -0.05) is 42.5 Å². The second kappa shape index (κ2) is 5.40. The van der Waals surface area contributed by atoms with E-state index in [-0.39, 0.29) is 0 Å². The summed E-state index contributed by atoms with van der Waals surface area (Å²) in [6.07, 6.45) is 5.12. The van der Waals surface area contributed by atoms with Crippen molar-refractivity contribution in [3.63, 3.8) is 0 Å². The number of benzene rings is 1. The van der Waals surface area contributed by atoms with Gasteiger partial charge in [-0.15, -0.1) is 0 Å². The fraction of sp³-hybridized carbons (Fsp3) is 0.231. The van der Waals surface area contributed by atoms with Gasteiger partial charge in [0.2, 0.25) is 0 Å². The minimum atomic E-state index is 0.705. The van der Waals surface area contributed by atoms with Crippen molar-refractivity contribution >= 4 is 11.6 Å². The van der Waals surface area contributed by atoms with Crippen LogP contribution in [0.15, 0.2) is 36.9 Å². The van der Waals surface area contributed by atoms with Crippen LogP contribution in [0.25, 0.3) is 11.6 Å². The van der Waals surface area contributed by atoms with Crippen molar-refractivity contribution in [1.82, 2.24) is 0 Å². The molecule has 0 atom stereocenters. The van der Waals surface area contributed by atoms with E-state index in [0.29, 0.717) is 6.54 Å². The molecule has 0 spiro atoms. The monoisotopic (exact) mass is 187 g/mol. The van der Waals surface area contributed by atoms with Gasteiger partial charge >= 0.3 is 0 Å². The summed E-state index contributed by atoms with van der Waals surface area (Å²) in [7, 11) is 0. The molecule has 0 aliphatic carbocycles. The quantitative estimate of drug-likeness (QED) is 0.770. The van der Waals surface area contributed by atoms with Gasteiger partial charge in [-0.2, -0.15) is 0 Å². The van der Waals surface area contributed by atoms with Gasteiger partial charge in [-0.25, -0.2) is 0 Å². The van der Waals surface area contributed by atoms with Crippen molar-refractivity contribution in [2.75, 3.05) is 6.54 Å². The van der Waals surface area contributed by atoms with Crippen LogP contribution in [-0.2, 0) is 0 Å². The molecule has 0 saturated heterocycles. The zero-order valence-electron chi connectivity index (χ0n) is 8.66. The van der Waals surface area contributed by atoms with Gasteiger partial charge in [0.1, 0.15) is 0 Å². The van der Waals surface area contributed by atoms with Crippen LogP contribution in [0.3, 0.4) is 0 Å². The number of nitrogens with two attached hydrogens (primary N) is 1. The van der Waals surface area contributed by atoms with Crippen LogP contribution in [0.1, 0.15) is 24.5 Å². The molecule has 1 aromatic rings. The normalized spacial score (nSPS) is 10.7. The van der Waals surface area contributed by atoms with Crippen molar-refractivity contribution in [1.29, 1.82) is 0 Å². The zero-order chi connectivity index (χ0) is 10.4. The molecular weight excluding hydrogens is 170 g/mol. The molecule has 1 nitrogen and oxygen atoms in total. The highest BCUT2D eigenvalue weighted by Crippen LogP contribution is 2.14. The molecule has 0 aliphatic heterocycles. The summed E-state index contributed by atoms with van der Waals surface area (Å²) in [5, 5.41) is 0. The van der Waals surface area contributed by atoms with E-state index in [1.807, 2.05) is 13.0 Å². The summed E-state index contributed by atoms with van der Waals surface area (Å²) in [4.78, 5) is 0. The molecule has 0 radical (unpaired) electrons. The second-order valence-electron chi connectivity index (χ2n) is 3.39. The van der Waals surface area contributed by atoms with Gasteiger partial charge in [-0.05, 0) is 37.1 Å². The van der Waals surface area contributed by atoms with Crippen LogP contribution in [0.4, 0.5) is 0 Å². The van der Waals surface area contributed by atoms with Crippen molar-refractivity contribution < 1.29 is 0 Å². The lowest BCUT2D eigenvalue weighted by Gasteiger charge is -2.00. The Morgan fingerprint density at radius 2 is 2.29 bits per heavy atom. The summed E-state index contributed by atoms with van der Waals surface area (Å²) in [6.45, 7) is 6.64. The van der Waals surface area contributed by atoms with E-state index in [1.54, 1.807) is 0 Å². The molecular formula is C13H17N. The Hall–Kier alpha value is -1.34. The summed E-state index contributed by atoms with van der Waals surface area (Å²) in [6, 6.07) is 8.34. The molecule has 0 amide bonds. The SMILES string of the molecule is C=C(C)c1cccc(/C=C/CCN)c1. The topological polar surface area (TPSA) is 26.0 Å². The minimum absolute atomic E-state index is 0.705. The van der Waals surface area contributed by atoms with Crippen molar-refractivity contribution in [3.8, 4) is 0 Å². The fourth-order valence-electron chi connectivity index (χ4n) is 1.22. The predicted octanol–water partition coefficient (Wildman–Crippen LogP) is 3.08. The van der Waals surface area contributed by atoms with Gasteiger partial charge in [-0.3, -0.25) is 0 Å². The smallest absolute Gasteiger partial charge is 0.00425 e. The van der Waals surface area contributed by atoms with E-state index in [1.165, 1.54) is 11.1 Å². The molecule has 0 saturated carbocycles. The largest absolute Gasteiger partial charge is 0.330 e. The number of rotatable bonds is 4. The molecule has 0 bridgehead atoms. The van der Waals surface area contributed by atoms with E-state index in [0.717, 1.165) is 12.0 Å². The maximum atomic E-state index is 5.41. The highest BCUT2D eigenvalue weighted by atomic mass is 14.5. The molecule has 2 N–H and O–H groups in total. The summed E-state index contributed by atoms with van der Waals surface area (Å²) < 4.78 is 0. The van der Waals surface area contributed by atoms with E-state index in [9.17, 15) is 0 Å². The molecule has 0 aromatic heterocycles. The molecule has 0 heterocycles. The third-order valence-corrected chi connectivity index (χ3v) is 2.02. The Balaban J connectivity index is 2.78. The average Bonchev–Trinajstić information content (AvgIpc) is 2.19. The van der Waals surface area contributed by atoms with Crippen LogP contribution < -0.4 is 5.73 Å². The summed E-state index contributed by atoms with van der Waals surface area (Å²) >= 11 is 0. The maximum absolute atomic E-state index is 5.41. The molecule has 0 fully saturated rings. The van der Waals surface area contributed by atoms with E-state index in [4.69, 9.17) is 5.73 Å². The molecule has 1 aromatic carbocycles. The van der Waals surface area contributed by atoms with Gasteiger partial charge in [0.25, 0.3) is 0 Å². The second-order valence-corrected chi connectivity index (χ2v) is 3.39. The zero-order valence-corrected chi connectivity index (χ0v) is 8.66. The number of hydrogen-bond donors (Lipinski definition) is 1. The van der Waals surface area contributed by atoms with Crippen molar-refractivity contribution in [2.24, 2.45) is 5.73 Å². The van der Waals surface area contributed by atoms with E-state index in [2.05, 4.69) is 36.9 Å². The summed E-state index contributed by atoms with van der Waals surface area (Å²) in [5.74, 6) is 0. The predicted molar refractivity (Wildman–Crippen MR) is 63.9 cm³/mol. The lowest BCUT2D eigenvalue weighted by molar-refractivity contribution is 1.01. The lowest BCUT2D eigenvalue weighted by Crippen LogP contribution is -1.94. The van der Waals surface area contributed by atoms with Crippen LogP contribution >= 0.6 is 0 Å². The first-order chi connectivity index (χ1) is 6.74. The Bertz CT molecular complexity index is 337. The molecule has 1 rings (SSSR count). The molecule has 0 unspecified atom stereocenters. The average molecular weight is 187 g/mol. The summed E-state index contributed by atoms with van der Waals surface area (Å²) in [5.41, 5.74) is 8.90. The first-order valence-corrected chi connectivity index (χ1v) is 4.86. The van der Waals surface area contributed by atoms with Gasteiger partial charge in [0.15, 0.2) is 0 Å². The Morgan fingerprint density at radius 1 is 1.50 bits per heavy atom. The lowest BCUT2D eigenvalue weighted by atomic mass is 10.1. The Morgan fingerprint density at radius 3 is 2.93 bits per heavy atom.